The van der Waals surface area contributed by atoms with Gasteiger partial charge in [-0.3, -0.25) is 5.50 Å². The molecule has 0 aromatic carbocycles. The normalized spacial score (nSPS) is 17.3. The Labute approximate surface area is 54.6 Å². The maximum atomic E-state index is 8.38. The molecule has 0 aliphatic carbocycles. The lowest BCUT2D eigenvalue weighted by molar-refractivity contribution is 0.207. The fraction of sp³-hybridized carbons (Fsp3) is 1.00. The summed E-state index contributed by atoms with van der Waals surface area (Å²) in [5, 5.41) is 8.33. The molecule has 0 spiro atoms. The van der Waals surface area contributed by atoms with Crippen LogP contribution in [0.5, 0.6) is 0 Å². The second kappa shape index (κ2) is 5.05. The van der Waals surface area contributed by atoms with Crippen LogP contribution in [0.1, 0.15) is 0 Å². The summed E-state index contributed by atoms with van der Waals surface area (Å²) in [7, 11) is -1.83. The van der Waals surface area contributed by atoms with Crippen LogP contribution >= 0.6 is 8.53 Å². The molecular weight excluding hydrogens is 143 g/mol. The van der Waals surface area contributed by atoms with Gasteiger partial charge < -0.3 is 20.3 Å². The Morgan fingerprint density at radius 2 is 2.22 bits per heavy atom. The van der Waals surface area contributed by atoms with Crippen LogP contribution in [0.2, 0.25) is 0 Å². The van der Waals surface area contributed by atoms with Gasteiger partial charge in [0.15, 0.2) is 0 Å². The van der Waals surface area contributed by atoms with Crippen molar-refractivity contribution in [3.8, 4) is 0 Å². The predicted molar refractivity (Wildman–Crippen MR) is 34.3 cm³/mol. The predicted octanol–water partition coefficient (Wildman–Crippen LogP) is -1.50. The van der Waals surface area contributed by atoms with Crippen molar-refractivity contribution in [3.05, 3.63) is 0 Å². The number of hydrogen-bond donors (Lipinski definition) is 4. The zero-order valence-corrected chi connectivity index (χ0v) is 5.79. The van der Waals surface area contributed by atoms with Crippen LogP contribution in [0.15, 0.2) is 0 Å². The van der Waals surface area contributed by atoms with Gasteiger partial charge in [0.1, 0.15) is 0 Å². The summed E-state index contributed by atoms with van der Waals surface area (Å²) in [5.41, 5.74) is 10.0. The van der Waals surface area contributed by atoms with E-state index in [1.807, 2.05) is 0 Å². The third-order valence-electron chi connectivity index (χ3n) is 0.655. The molecule has 2 atom stereocenters. The summed E-state index contributed by atoms with van der Waals surface area (Å²) in [4.78, 5) is 8.38. The number of aliphatic hydroxyl groups is 1. The lowest BCUT2D eigenvalue weighted by Crippen LogP contribution is -2.29. The molecule has 56 valence electrons. The fourth-order valence-corrected chi connectivity index (χ4v) is 0.569. The average molecular weight is 154 g/mol. The average Bonchev–Trinajstić information content (AvgIpc) is 1.83. The van der Waals surface area contributed by atoms with Crippen LogP contribution in [-0.4, -0.2) is 29.3 Å². The van der Waals surface area contributed by atoms with Crippen molar-refractivity contribution in [3.63, 3.8) is 0 Å². The minimum absolute atomic E-state index is 0.0925. The van der Waals surface area contributed by atoms with Gasteiger partial charge >= 0.3 is 0 Å². The summed E-state index contributed by atoms with van der Waals surface area (Å²) in [6.07, 6.45) is 0. The van der Waals surface area contributed by atoms with E-state index in [0.717, 1.165) is 0 Å². The van der Waals surface area contributed by atoms with Crippen molar-refractivity contribution in [1.29, 1.82) is 0 Å². The Bertz CT molecular complexity index is 72.1. The zero-order valence-electron chi connectivity index (χ0n) is 4.90. The van der Waals surface area contributed by atoms with Gasteiger partial charge in [-0.1, -0.05) is 0 Å². The quantitative estimate of drug-likeness (QED) is 0.369. The molecule has 0 amide bonds. The van der Waals surface area contributed by atoms with Crippen LogP contribution < -0.4 is 11.2 Å². The number of rotatable bonds is 4. The topological polar surface area (TPSA) is 102 Å². The summed E-state index contributed by atoms with van der Waals surface area (Å²) in [5.74, 6) is 0. The molecule has 0 aromatic heterocycles. The summed E-state index contributed by atoms with van der Waals surface area (Å²) < 4.78 is 4.51. The van der Waals surface area contributed by atoms with E-state index in [0.29, 0.717) is 0 Å². The van der Waals surface area contributed by atoms with Crippen molar-refractivity contribution < 1.29 is 14.5 Å². The van der Waals surface area contributed by atoms with Gasteiger partial charge in [-0.2, -0.15) is 0 Å². The van der Waals surface area contributed by atoms with E-state index in [9.17, 15) is 0 Å². The molecule has 9 heavy (non-hydrogen) atoms. The van der Waals surface area contributed by atoms with Crippen LogP contribution in [0.3, 0.4) is 0 Å². The second-order valence-electron chi connectivity index (χ2n) is 1.54. The number of nitrogens with two attached hydrogens (primary N) is 2. The van der Waals surface area contributed by atoms with E-state index < -0.39 is 14.6 Å². The van der Waals surface area contributed by atoms with Gasteiger partial charge in [-0.05, 0) is 0 Å². The molecule has 0 bridgehead atoms. The molecule has 0 radical (unpaired) electrons. The van der Waals surface area contributed by atoms with E-state index in [2.05, 4.69) is 4.52 Å². The standard InChI is InChI=1S/C3H11N2O3P/c4-3(1-6)2-8-9(5)7/h3,6-7H,1-2,4-5H2/t3-,9?/m1/s1. The third kappa shape index (κ3) is 6.11. The first-order valence-corrected chi connectivity index (χ1v) is 3.68. The molecule has 0 aliphatic heterocycles. The summed E-state index contributed by atoms with van der Waals surface area (Å²) in [6, 6.07) is -0.453. The Morgan fingerprint density at radius 3 is 2.56 bits per heavy atom. The maximum absolute atomic E-state index is 8.38. The minimum atomic E-state index is -1.83. The number of aliphatic hydroxyl groups excluding tert-OH is 1. The minimum Gasteiger partial charge on any atom is -0.395 e. The van der Waals surface area contributed by atoms with E-state index >= 15 is 0 Å². The summed E-state index contributed by atoms with van der Waals surface area (Å²) in [6.45, 7) is -0.0711. The van der Waals surface area contributed by atoms with Crippen molar-refractivity contribution in [2.24, 2.45) is 11.2 Å². The van der Waals surface area contributed by atoms with Gasteiger partial charge in [0, 0.05) is 0 Å². The van der Waals surface area contributed by atoms with Gasteiger partial charge in [0.25, 0.3) is 0 Å². The molecule has 0 saturated heterocycles. The first-order chi connectivity index (χ1) is 4.16. The first kappa shape index (κ1) is 9.23. The van der Waals surface area contributed by atoms with E-state index in [1.165, 1.54) is 0 Å². The lowest BCUT2D eigenvalue weighted by Gasteiger charge is -2.08. The van der Waals surface area contributed by atoms with Crippen LogP contribution in [0.25, 0.3) is 0 Å². The highest BCUT2D eigenvalue weighted by Gasteiger charge is 2.02. The van der Waals surface area contributed by atoms with Gasteiger partial charge in [-0.25, -0.2) is 0 Å². The molecular formula is C3H11N2O3P. The fourth-order valence-electron chi connectivity index (χ4n) is 0.225. The van der Waals surface area contributed by atoms with E-state index in [1.54, 1.807) is 0 Å². The van der Waals surface area contributed by atoms with Crippen LogP contribution in [0.4, 0.5) is 0 Å². The first-order valence-electron chi connectivity index (χ1n) is 2.40. The molecule has 6 heteroatoms. The van der Waals surface area contributed by atoms with Gasteiger partial charge in [-0.15, -0.1) is 0 Å². The van der Waals surface area contributed by atoms with Crippen molar-refractivity contribution in [1.82, 2.24) is 0 Å². The van der Waals surface area contributed by atoms with Crippen molar-refractivity contribution in [2.45, 2.75) is 6.04 Å². The molecule has 0 heterocycles. The highest BCUT2D eigenvalue weighted by Crippen LogP contribution is 2.18. The molecule has 1 unspecified atom stereocenters. The Kier molecular flexibility index (Phi) is 5.18. The van der Waals surface area contributed by atoms with Crippen molar-refractivity contribution in [2.75, 3.05) is 13.2 Å². The third-order valence-corrected chi connectivity index (χ3v) is 1.07. The van der Waals surface area contributed by atoms with Gasteiger partial charge in [0.2, 0.25) is 8.53 Å². The zero-order chi connectivity index (χ0) is 7.28. The maximum Gasteiger partial charge on any atom is 0.250 e. The molecule has 6 N–H and O–H groups in total. The monoisotopic (exact) mass is 154 g/mol. The van der Waals surface area contributed by atoms with Gasteiger partial charge in [0.05, 0.1) is 19.3 Å². The van der Waals surface area contributed by atoms with Crippen LogP contribution in [0, 0.1) is 0 Å². The van der Waals surface area contributed by atoms with Crippen LogP contribution in [-0.2, 0) is 4.52 Å². The second-order valence-corrected chi connectivity index (χ2v) is 2.40. The number of hydrogen-bond acceptors (Lipinski definition) is 5. The summed E-state index contributed by atoms with van der Waals surface area (Å²) >= 11 is 0. The lowest BCUT2D eigenvalue weighted by atomic mass is 10.4. The largest absolute Gasteiger partial charge is 0.395 e. The molecule has 0 aromatic rings. The Balaban J connectivity index is 3.06. The van der Waals surface area contributed by atoms with E-state index in [4.69, 9.17) is 21.2 Å². The highest BCUT2D eigenvalue weighted by molar-refractivity contribution is 7.43. The Hall–Kier alpha value is 0.230. The smallest absolute Gasteiger partial charge is 0.250 e. The SMILES string of the molecule is N[C@H](CO)COP(N)O. The molecule has 0 rings (SSSR count). The molecule has 5 nitrogen and oxygen atoms in total. The van der Waals surface area contributed by atoms with Crippen molar-refractivity contribution >= 4 is 8.53 Å². The Morgan fingerprint density at radius 1 is 1.67 bits per heavy atom. The molecule has 0 fully saturated rings. The highest BCUT2D eigenvalue weighted by atomic mass is 31.2. The van der Waals surface area contributed by atoms with E-state index in [-0.39, 0.29) is 13.2 Å². The molecule has 0 saturated carbocycles. The molecule has 0 aliphatic rings.